The monoisotopic (exact) mass is 473 g/mol. The van der Waals surface area contributed by atoms with E-state index in [9.17, 15) is 24.3 Å². The third kappa shape index (κ3) is 2.80. The summed E-state index contributed by atoms with van der Waals surface area (Å²) in [7, 11) is 0. The number of para-hydroxylation sites is 1. The van der Waals surface area contributed by atoms with Crippen LogP contribution in [0.25, 0.3) is 0 Å². The second kappa shape index (κ2) is 7.30. The number of carboxylic acids is 1. The number of carboxylic acid groups (broad SMARTS) is 1. The zero-order chi connectivity index (χ0) is 22.8. The largest absolute Gasteiger partial charge is 0.481 e. The molecule has 4 atom stereocenters. The Kier molecular flexibility index (Phi) is 4.77. The van der Waals surface area contributed by atoms with Crippen LogP contribution in [0, 0.1) is 11.8 Å². The van der Waals surface area contributed by atoms with Gasteiger partial charge in [-0.05, 0) is 30.7 Å². The van der Waals surface area contributed by atoms with Gasteiger partial charge in [-0.1, -0.05) is 41.4 Å². The average Bonchev–Trinajstić information content (AvgIpc) is 3.33. The summed E-state index contributed by atoms with van der Waals surface area (Å²) in [6.07, 6.45) is -0.129. The van der Waals surface area contributed by atoms with Gasteiger partial charge in [0.1, 0.15) is 5.54 Å². The van der Waals surface area contributed by atoms with Gasteiger partial charge in [-0.2, -0.15) is 0 Å². The van der Waals surface area contributed by atoms with Crippen LogP contribution >= 0.6 is 23.2 Å². The normalized spacial score (nSPS) is 28.2. The van der Waals surface area contributed by atoms with Crippen LogP contribution in [0.15, 0.2) is 42.5 Å². The van der Waals surface area contributed by atoms with Gasteiger partial charge in [0.15, 0.2) is 0 Å². The zero-order valence-corrected chi connectivity index (χ0v) is 18.0. The molecule has 10 heteroatoms. The summed E-state index contributed by atoms with van der Waals surface area (Å²) in [5.41, 5.74) is -0.101. The lowest BCUT2D eigenvalue weighted by molar-refractivity contribution is -0.137. The Bertz CT molecular complexity index is 1200. The summed E-state index contributed by atoms with van der Waals surface area (Å²) < 4.78 is 0. The van der Waals surface area contributed by atoms with Crippen molar-refractivity contribution >= 4 is 58.3 Å². The molecule has 3 aliphatic rings. The Morgan fingerprint density at radius 2 is 1.81 bits per heavy atom. The van der Waals surface area contributed by atoms with E-state index in [0.717, 1.165) is 4.90 Å². The van der Waals surface area contributed by atoms with Crippen LogP contribution in [0.3, 0.4) is 0 Å². The summed E-state index contributed by atoms with van der Waals surface area (Å²) >= 11 is 12.1. The number of carbonyl (C=O) groups excluding carboxylic acids is 3. The molecule has 164 valence electrons. The van der Waals surface area contributed by atoms with Crippen LogP contribution in [0.2, 0.25) is 10.0 Å². The molecular weight excluding hydrogens is 457 g/mol. The fraction of sp³-hybridized carbons (Fsp3) is 0.273. The van der Waals surface area contributed by atoms with Crippen LogP contribution < -0.4 is 15.5 Å². The second-order valence-corrected chi connectivity index (χ2v) is 8.92. The number of imide groups is 1. The van der Waals surface area contributed by atoms with E-state index < -0.39 is 47.1 Å². The number of hydrogen-bond donors (Lipinski definition) is 3. The number of carbonyl (C=O) groups is 4. The lowest BCUT2D eigenvalue weighted by Gasteiger charge is -2.29. The van der Waals surface area contributed by atoms with Crippen molar-refractivity contribution in [3.8, 4) is 0 Å². The molecule has 2 aromatic carbocycles. The van der Waals surface area contributed by atoms with E-state index in [1.165, 1.54) is 18.2 Å². The number of nitrogens with zero attached hydrogens (tertiary/aromatic N) is 1. The third-order valence-electron chi connectivity index (χ3n) is 6.45. The Hall–Kier alpha value is -2.94. The number of amides is 3. The standard InChI is InChI=1S/C22H17Cl2N3O5/c23-12-6-5-10(9-13(12)24)27-19(30)17-15(7-8-16(28)29)26-22(18(17)20(27)31)11-3-1-2-4-14(11)25-21(22)32/h1-6,9,15,17-18,26H,7-8H2,(H,25,32)(H,28,29). The van der Waals surface area contributed by atoms with Crippen molar-refractivity contribution in [1.82, 2.24) is 5.32 Å². The number of fused-ring (bicyclic) bond motifs is 4. The SMILES string of the molecule is O=C(O)CCC1NC2(C(=O)Nc3ccccc32)C2C(=O)N(c3ccc(Cl)c(Cl)c3)C(=O)C12. The molecule has 3 aliphatic heterocycles. The molecule has 3 amide bonds. The van der Waals surface area contributed by atoms with Gasteiger partial charge in [-0.25, -0.2) is 4.90 Å². The first-order valence-corrected chi connectivity index (χ1v) is 10.7. The molecule has 2 fully saturated rings. The zero-order valence-electron chi connectivity index (χ0n) is 16.5. The highest BCUT2D eigenvalue weighted by Crippen LogP contribution is 2.54. The molecule has 2 aromatic rings. The van der Waals surface area contributed by atoms with Crippen LogP contribution in [0.4, 0.5) is 11.4 Å². The van der Waals surface area contributed by atoms with Crippen molar-refractivity contribution in [2.45, 2.75) is 24.4 Å². The number of rotatable bonds is 4. The molecule has 1 spiro atoms. The third-order valence-corrected chi connectivity index (χ3v) is 7.19. The minimum absolute atomic E-state index is 0.0852. The first-order valence-electron chi connectivity index (χ1n) is 9.99. The summed E-state index contributed by atoms with van der Waals surface area (Å²) in [4.78, 5) is 52.7. The molecule has 0 aliphatic carbocycles. The van der Waals surface area contributed by atoms with Crippen LogP contribution in [-0.4, -0.2) is 34.8 Å². The van der Waals surface area contributed by atoms with Gasteiger partial charge in [-0.3, -0.25) is 24.5 Å². The summed E-state index contributed by atoms with van der Waals surface area (Å²) in [6, 6.07) is 10.7. The maximum Gasteiger partial charge on any atom is 0.303 e. The number of aliphatic carboxylic acids is 1. The Labute approximate surface area is 192 Å². The fourth-order valence-electron chi connectivity index (χ4n) is 5.16. The highest BCUT2D eigenvalue weighted by molar-refractivity contribution is 6.42. The molecule has 0 bridgehead atoms. The van der Waals surface area contributed by atoms with Gasteiger partial charge in [0, 0.05) is 23.7 Å². The molecule has 5 rings (SSSR count). The van der Waals surface area contributed by atoms with E-state index in [1.54, 1.807) is 24.3 Å². The van der Waals surface area contributed by atoms with E-state index in [1.807, 2.05) is 0 Å². The van der Waals surface area contributed by atoms with Gasteiger partial charge in [-0.15, -0.1) is 0 Å². The number of hydrogen-bond acceptors (Lipinski definition) is 5. The van der Waals surface area contributed by atoms with Crippen molar-refractivity contribution in [1.29, 1.82) is 0 Å². The highest BCUT2D eigenvalue weighted by Gasteiger charge is 2.70. The molecule has 0 saturated carbocycles. The molecule has 2 saturated heterocycles. The molecule has 0 aromatic heterocycles. The van der Waals surface area contributed by atoms with Gasteiger partial charge >= 0.3 is 5.97 Å². The lowest BCUT2D eigenvalue weighted by atomic mass is 9.76. The van der Waals surface area contributed by atoms with Crippen LogP contribution in [0.5, 0.6) is 0 Å². The Morgan fingerprint density at radius 3 is 2.53 bits per heavy atom. The van der Waals surface area contributed by atoms with Crippen molar-refractivity contribution in [3.63, 3.8) is 0 Å². The molecule has 4 unspecified atom stereocenters. The van der Waals surface area contributed by atoms with E-state index >= 15 is 0 Å². The van der Waals surface area contributed by atoms with Gasteiger partial charge in [0.25, 0.3) is 0 Å². The van der Waals surface area contributed by atoms with Crippen molar-refractivity contribution in [3.05, 3.63) is 58.1 Å². The molecule has 3 heterocycles. The molecular formula is C22H17Cl2N3O5. The molecule has 3 N–H and O–H groups in total. The second-order valence-electron chi connectivity index (χ2n) is 8.10. The molecule has 0 radical (unpaired) electrons. The van der Waals surface area contributed by atoms with Gasteiger partial charge < -0.3 is 10.4 Å². The number of anilines is 2. The first-order chi connectivity index (χ1) is 15.3. The summed E-state index contributed by atoms with van der Waals surface area (Å²) in [5, 5.41) is 15.6. The van der Waals surface area contributed by atoms with Crippen molar-refractivity contribution in [2.24, 2.45) is 11.8 Å². The maximum absolute atomic E-state index is 13.7. The van der Waals surface area contributed by atoms with Gasteiger partial charge in [0.2, 0.25) is 17.7 Å². The smallest absolute Gasteiger partial charge is 0.303 e. The van der Waals surface area contributed by atoms with Crippen LogP contribution in [0.1, 0.15) is 18.4 Å². The topological polar surface area (TPSA) is 116 Å². The molecule has 8 nitrogen and oxygen atoms in total. The van der Waals surface area contributed by atoms with E-state index in [4.69, 9.17) is 23.2 Å². The minimum Gasteiger partial charge on any atom is -0.481 e. The number of nitrogens with one attached hydrogen (secondary N) is 2. The summed E-state index contributed by atoms with van der Waals surface area (Å²) in [6.45, 7) is 0. The highest BCUT2D eigenvalue weighted by atomic mass is 35.5. The lowest BCUT2D eigenvalue weighted by Crippen LogP contribution is -2.53. The summed E-state index contributed by atoms with van der Waals surface area (Å²) in [5.74, 6) is -4.46. The first kappa shape index (κ1) is 20.9. The molecule has 32 heavy (non-hydrogen) atoms. The minimum atomic E-state index is -1.47. The van der Waals surface area contributed by atoms with Crippen LogP contribution in [-0.2, 0) is 24.7 Å². The van der Waals surface area contributed by atoms with Gasteiger partial charge in [0.05, 0.1) is 27.6 Å². The number of halogens is 2. The average molecular weight is 474 g/mol. The maximum atomic E-state index is 13.7. The predicted molar refractivity (Wildman–Crippen MR) is 116 cm³/mol. The quantitative estimate of drug-likeness (QED) is 0.587. The van der Waals surface area contributed by atoms with E-state index in [2.05, 4.69) is 10.6 Å². The fourth-order valence-corrected chi connectivity index (χ4v) is 5.46. The number of benzene rings is 2. The Balaban J connectivity index is 1.64. The van der Waals surface area contributed by atoms with Crippen molar-refractivity contribution in [2.75, 3.05) is 10.2 Å². The van der Waals surface area contributed by atoms with Crippen molar-refractivity contribution < 1.29 is 24.3 Å². The predicted octanol–water partition coefficient (Wildman–Crippen LogP) is 2.78. The van der Waals surface area contributed by atoms with E-state index in [-0.39, 0.29) is 28.6 Å². The Morgan fingerprint density at radius 1 is 1.06 bits per heavy atom. The van der Waals surface area contributed by atoms with E-state index in [0.29, 0.717) is 11.3 Å².